The van der Waals surface area contributed by atoms with Crippen molar-refractivity contribution in [1.29, 1.82) is 0 Å². The molecule has 0 saturated carbocycles. The Kier molecular flexibility index (Phi) is 9.17. The van der Waals surface area contributed by atoms with E-state index in [1.165, 1.54) is 32.4 Å². The van der Waals surface area contributed by atoms with Crippen molar-refractivity contribution in [3.8, 4) is 17.2 Å². The topological polar surface area (TPSA) is 149 Å². The number of urea groups is 1. The van der Waals surface area contributed by atoms with Crippen LogP contribution in [0, 0.1) is 10.1 Å². The number of hydrogen-bond donors (Lipinski definition) is 2. The van der Waals surface area contributed by atoms with Crippen LogP contribution >= 0.6 is 0 Å². The average molecular weight is 573 g/mol. The van der Waals surface area contributed by atoms with Gasteiger partial charge < -0.3 is 24.8 Å². The predicted molar refractivity (Wildman–Crippen MR) is 154 cm³/mol. The molecule has 1 heterocycles. The zero-order valence-corrected chi connectivity index (χ0v) is 22.9. The van der Waals surface area contributed by atoms with Gasteiger partial charge in [0.2, 0.25) is 5.91 Å². The molecule has 1 fully saturated rings. The Morgan fingerprint density at radius 2 is 1.83 bits per heavy atom. The number of para-hydroxylation sites is 2. The highest BCUT2D eigenvalue weighted by atomic mass is 16.6. The predicted octanol–water partition coefficient (Wildman–Crippen LogP) is 4.45. The number of carbonyl (C=O) groups is 3. The van der Waals surface area contributed by atoms with E-state index in [0.29, 0.717) is 46.0 Å². The average Bonchev–Trinajstić information content (AvgIpc) is 3.23. The van der Waals surface area contributed by atoms with Crippen molar-refractivity contribution >= 4 is 35.3 Å². The molecule has 4 amide bonds. The van der Waals surface area contributed by atoms with Crippen LogP contribution in [0.25, 0.3) is 6.08 Å². The van der Waals surface area contributed by atoms with Crippen LogP contribution in [0.5, 0.6) is 17.2 Å². The number of non-ortho nitro benzene ring substituents is 1. The van der Waals surface area contributed by atoms with Crippen molar-refractivity contribution < 1.29 is 33.5 Å². The van der Waals surface area contributed by atoms with Gasteiger partial charge in [0, 0.05) is 17.7 Å². The maximum absolute atomic E-state index is 13.0. The minimum atomic E-state index is -0.739. The van der Waals surface area contributed by atoms with E-state index in [9.17, 15) is 24.5 Å². The second-order valence-electron chi connectivity index (χ2n) is 9.05. The number of nitro benzene ring substituents is 1. The molecular formula is C30H28N4O8. The van der Waals surface area contributed by atoms with Gasteiger partial charge >= 0.3 is 6.03 Å². The lowest BCUT2D eigenvalue weighted by molar-refractivity contribution is -0.384. The van der Waals surface area contributed by atoms with Gasteiger partial charge in [-0.15, -0.1) is 6.58 Å². The zero-order valence-electron chi connectivity index (χ0n) is 22.9. The lowest BCUT2D eigenvalue weighted by Crippen LogP contribution is -2.38. The summed E-state index contributed by atoms with van der Waals surface area (Å²) in [6, 6.07) is 15.5. The number of nitrogens with zero attached hydrogens (tertiary/aromatic N) is 2. The summed E-state index contributed by atoms with van der Waals surface area (Å²) in [5, 5.41) is 16.3. The monoisotopic (exact) mass is 572 g/mol. The molecule has 0 aliphatic carbocycles. The number of benzene rings is 3. The fourth-order valence-electron chi connectivity index (χ4n) is 4.27. The molecule has 0 spiro atoms. The first-order valence-electron chi connectivity index (χ1n) is 12.7. The number of methoxy groups -OCH3 is 2. The molecule has 1 saturated heterocycles. The highest BCUT2D eigenvalue weighted by molar-refractivity contribution is 6.16. The molecule has 0 bridgehead atoms. The molecule has 0 atom stereocenters. The molecule has 42 heavy (non-hydrogen) atoms. The van der Waals surface area contributed by atoms with E-state index in [-0.39, 0.29) is 18.0 Å². The minimum absolute atomic E-state index is 0.0260. The number of carbonyl (C=O) groups excluding carboxylic acids is 3. The molecule has 0 radical (unpaired) electrons. The van der Waals surface area contributed by atoms with E-state index in [1.807, 2.05) is 0 Å². The van der Waals surface area contributed by atoms with Crippen LogP contribution in [-0.2, 0) is 22.6 Å². The highest BCUT2D eigenvalue weighted by Gasteiger charge is 2.35. The smallest absolute Gasteiger partial charge is 0.329 e. The van der Waals surface area contributed by atoms with Gasteiger partial charge in [-0.1, -0.05) is 30.3 Å². The Labute approximate surface area is 241 Å². The maximum atomic E-state index is 13.0. The molecule has 216 valence electrons. The van der Waals surface area contributed by atoms with Gasteiger partial charge in [0.05, 0.1) is 24.8 Å². The molecule has 1 aliphatic heterocycles. The van der Waals surface area contributed by atoms with Gasteiger partial charge in [0.25, 0.3) is 11.6 Å². The molecule has 12 heteroatoms. The molecular weight excluding hydrogens is 544 g/mol. The molecule has 3 aromatic rings. The molecule has 0 aromatic heterocycles. The molecule has 1 aliphatic rings. The van der Waals surface area contributed by atoms with Crippen molar-refractivity contribution in [2.75, 3.05) is 26.1 Å². The van der Waals surface area contributed by atoms with Crippen LogP contribution in [0.1, 0.15) is 16.7 Å². The van der Waals surface area contributed by atoms with E-state index >= 15 is 0 Å². The third kappa shape index (κ3) is 6.73. The standard InChI is InChI=1S/C30H28N4O8/c1-4-8-21-13-20(16-26(41-3)28(21)42-18-19-9-7-10-22(14-19)34(38)39)15-24-29(36)33(30(37)32-24)17-27(35)31-23-11-5-6-12-25(23)40-2/h4-7,9-16H,1,8,17-18H2,2-3H3,(H,31,35)(H,32,37)/b24-15+. The van der Waals surface area contributed by atoms with E-state index in [1.54, 1.807) is 54.6 Å². The van der Waals surface area contributed by atoms with Crippen molar-refractivity contribution in [1.82, 2.24) is 10.2 Å². The summed E-state index contributed by atoms with van der Waals surface area (Å²) >= 11 is 0. The van der Waals surface area contributed by atoms with Crippen LogP contribution < -0.4 is 24.8 Å². The van der Waals surface area contributed by atoms with Crippen molar-refractivity contribution in [2.24, 2.45) is 0 Å². The SMILES string of the molecule is C=CCc1cc(/C=C2/NC(=O)N(CC(=O)Nc3ccccc3OC)C2=O)cc(OC)c1OCc1cccc([N+](=O)[O-])c1. The first-order valence-corrected chi connectivity index (χ1v) is 12.7. The van der Waals surface area contributed by atoms with Crippen LogP contribution in [0.3, 0.4) is 0 Å². The summed E-state index contributed by atoms with van der Waals surface area (Å²) in [6.07, 6.45) is 3.52. The van der Waals surface area contributed by atoms with Crippen LogP contribution in [0.4, 0.5) is 16.2 Å². The fraction of sp³-hybridized carbons (Fsp3) is 0.167. The van der Waals surface area contributed by atoms with Crippen LogP contribution in [-0.4, -0.2) is 48.4 Å². The van der Waals surface area contributed by atoms with Gasteiger partial charge in [-0.3, -0.25) is 19.7 Å². The fourth-order valence-corrected chi connectivity index (χ4v) is 4.27. The Morgan fingerprint density at radius 3 is 2.55 bits per heavy atom. The zero-order chi connectivity index (χ0) is 30.2. The number of hydrogen-bond acceptors (Lipinski definition) is 8. The molecule has 4 rings (SSSR count). The third-order valence-electron chi connectivity index (χ3n) is 6.20. The quantitative estimate of drug-likeness (QED) is 0.106. The van der Waals surface area contributed by atoms with E-state index in [4.69, 9.17) is 14.2 Å². The number of nitro groups is 1. The summed E-state index contributed by atoms with van der Waals surface area (Å²) in [7, 11) is 2.92. The summed E-state index contributed by atoms with van der Waals surface area (Å²) in [4.78, 5) is 49.7. The van der Waals surface area contributed by atoms with Crippen LogP contribution in [0.15, 0.2) is 79.0 Å². The largest absolute Gasteiger partial charge is 0.495 e. The van der Waals surface area contributed by atoms with E-state index in [2.05, 4.69) is 17.2 Å². The second-order valence-corrected chi connectivity index (χ2v) is 9.05. The molecule has 0 unspecified atom stereocenters. The second kappa shape index (κ2) is 13.1. The lowest BCUT2D eigenvalue weighted by atomic mass is 10.0. The third-order valence-corrected chi connectivity index (χ3v) is 6.20. The number of anilines is 1. The first-order chi connectivity index (χ1) is 20.2. The number of amides is 4. The van der Waals surface area contributed by atoms with E-state index < -0.39 is 29.3 Å². The van der Waals surface area contributed by atoms with Gasteiger partial charge in [-0.25, -0.2) is 9.69 Å². The number of ether oxygens (including phenoxy) is 3. The summed E-state index contributed by atoms with van der Waals surface area (Å²) in [6.45, 7) is 3.33. The van der Waals surface area contributed by atoms with Gasteiger partial charge in [0.1, 0.15) is 24.6 Å². The molecule has 2 N–H and O–H groups in total. The minimum Gasteiger partial charge on any atom is -0.495 e. The van der Waals surface area contributed by atoms with Gasteiger partial charge in [0.15, 0.2) is 11.5 Å². The number of rotatable bonds is 12. The number of nitrogens with one attached hydrogen (secondary N) is 2. The van der Waals surface area contributed by atoms with Gasteiger partial charge in [-0.05, 0) is 47.9 Å². The lowest BCUT2D eigenvalue weighted by Gasteiger charge is -2.16. The van der Waals surface area contributed by atoms with Crippen LogP contribution in [0.2, 0.25) is 0 Å². The normalized spacial score (nSPS) is 13.5. The maximum Gasteiger partial charge on any atom is 0.329 e. The summed E-state index contributed by atoms with van der Waals surface area (Å²) in [5.41, 5.74) is 2.12. The Bertz CT molecular complexity index is 1580. The Hall–Kier alpha value is -5.65. The number of allylic oxidation sites excluding steroid dienone is 1. The first kappa shape index (κ1) is 29.3. The molecule has 3 aromatic carbocycles. The van der Waals surface area contributed by atoms with Crippen molar-refractivity contribution in [2.45, 2.75) is 13.0 Å². The highest BCUT2D eigenvalue weighted by Crippen LogP contribution is 2.35. The summed E-state index contributed by atoms with van der Waals surface area (Å²) in [5.74, 6) is -0.0702. The summed E-state index contributed by atoms with van der Waals surface area (Å²) < 4.78 is 16.8. The Morgan fingerprint density at radius 1 is 1.07 bits per heavy atom. The van der Waals surface area contributed by atoms with E-state index in [0.717, 1.165) is 4.90 Å². The van der Waals surface area contributed by atoms with Crippen molar-refractivity contribution in [3.05, 3.63) is 106 Å². The Balaban J connectivity index is 1.53. The van der Waals surface area contributed by atoms with Gasteiger partial charge in [-0.2, -0.15) is 0 Å². The number of imide groups is 1. The molecule has 12 nitrogen and oxygen atoms in total. The van der Waals surface area contributed by atoms with Crippen molar-refractivity contribution in [3.63, 3.8) is 0 Å².